The number of carboxylic acids is 1. The van der Waals surface area contributed by atoms with Gasteiger partial charge in [0.2, 0.25) is 5.16 Å². The van der Waals surface area contributed by atoms with E-state index in [1.807, 2.05) is 6.07 Å². The summed E-state index contributed by atoms with van der Waals surface area (Å²) in [6, 6.07) is 6.29. The lowest BCUT2D eigenvalue weighted by molar-refractivity contribution is -0.142. The lowest BCUT2D eigenvalue weighted by Crippen LogP contribution is -2.39. The van der Waals surface area contributed by atoms with Crippen LogP contribution in [0.2, 0.25) is 0 Å². The fraction of sp³-hybridized carbons (Fsp3) is 0.312. The van der Waals surface area contributed by atoms with Gasteiger partial charge in [-0.15, -0.1) is 22.0 Å². The first kappa shape index (κ1) is 18.0. The van der Waals surface area contributed by atoms with E-state index < -0.39 is 11.5 Å². The number of tetrazole rings is 1. The highest BCUT2D eigenvalue weighted by Gasteiger charge is 2.43. The van der Waals surface area contributed by atoms with Gasteiger partial charge in [-0.1, -0.05) is 11.8 Å². The van der Waals surface area contributed by atoms with E-state index in [1.54, 1.807) is 13.1 Å². The molecule has 4 rings (SSSR count). The van der Waals surface area contributed by atoms with Crippen molar-refractivity contribution in [2.75, 3.05) is 11.5 Å². The first-order valence-electron chi connectivity index (χ1n) is 8.02. The predicted octanol–water partition coefficient (Wildman–Crippen LogP) is 2.13. The number of benzene rings is 1. The van der Waals surface area contributed by atoms with Gasteiger partial charge in [-0.25, -0.2) is 9.18 Å². The third-order valence-electron chi connectivity index (χ3n) is 4.15. The zero-order valence-electron chi connectivity index (χ0n) is 14.2. The normalized spacial score (nSPS) is 19.6. The Hall–Kier alpha value is -2.40. The molecule has 0 aliphatic carbocycles. The molecule has 0 radical (unpaired) electrons. The van der Waals surface area contributed by atoms with Gasteiger partial charge in [0, 0.05) is 29.1 Å². The van der Waals surface area contributed by atoms with Gasteiger partial charge in [-0.2, -0.15) is 4.80 Å². The van der Waals surface area contributed by atoms with Crippen molar-refractivity contribution < 1.29 is 14.3 Å². The minimum absolute atomic E-state index is 0.211. The number of thioether (sulfide) groups is 2. The molecule has 2 aromatic heterocycles. The minimum atomic E-state index is -1.24. The van der Waals surface area contributed by atoms with Crippen LogP contribution in [0.4, 0.5) is 4.39 Å². The maximum Gasteiger partial charge on any atom is 0.332 e. The van der Waals surface area contributed by atoms with Crippen molar-refractivity contribution in [3.63, 3.8) is 0 Å². The molecular formula is C16H15FN6O2S2. The number of fused-ring (bicyclic) bond motifs is 1. The van der Waals surface area contributed by atoms with Crippen molar-refractivity contribution in [1.82, 2.24) is 25.2 Å². The number of nitrogens with zero attached hydrogens (tertiary/aromatic N) is 5. The largest absolute Gasteiger partial charge is 0.479 e. The highest BCUT2D eigenvalue weighted by atomic mass is 32.2. The van der Waals surface area contributed by atoms with Gasteiger partial charge in [0.05, 0.1) is 12.1 Å². The van der Waals surface area contributed by atoms with E-state index in [2.05, 4.69) is 25.4 Å². The Morgan fingerprint density at radius 3 is 3.07 bits per heavy atom. The predicted molar refractivity (Wildman–Crippen MR) is 102 cm³/mol. The van der Waals surface area contributed by atoms with Crippen LogP contribution in [0.25, 0.3) is 10.9 Å². The van der Waals surface area contributed by atoms with Crippen LogP contribution in [0.15, 0.2) is 34.4 Å². The van der Waals surface area contributed by atoms with Gasteiger partial charge in [0.25, 0.3) is 0 Å². The van der Waals surface area contributed by atoms with Crippen LogP contribution < -0.4 is 0 Å². The molecule has 8 nitrogen and oxygen atoms in total. The quantitative estimate of drug-likeness (QED) is 0.604. The Morgan fingerprint density at radius 1 is 1.48 bits per heavy atom. The zero-order chi connectivity index (χ0) is 19.0. The first-order chi connectivity index (χ1) is 12.9. The minimum Gasteiger partial charge on any atom is -0.479 e. The topological polar surface area (TPSA) is 109 Å². The fourth-order valence-corrected chi connectivity index (χ4v) is 4.91. The Kier molecular flexibility index (Phi) is 4.64. The Balaban J connectivity index is 1.53. The second kappa shape index (κ2) is 6.97. The van der Waals surface area contributed by atoms with E-state index in [-0.39, 0.29) is 12.2 Å². The lowest BCUT2D eigenvalue weighted by atomic mass is 9.96. The Morgan fingerprint density at radius 2 is 2.33 bits per heavy atom. The van der Waals surface area contributed by atoms with Crippen LogP contribution >= 0.6 is 23.5 Å². The number of carboxylic acid groups (broad SMARTS) is 1. The number of aryl methyl sites for hydroxylation is 1. The summed E-state index contributed by atoms with van der Waals surface area (Å²) in [7, 11) is 1.68. The van der Waals surface area contributed by atoms with Gasteiger partial charge in [-0.3, -0.25) is 4.99 Å². The van der Waals surface area contributed by atoms with E-state index >= 15 is 0 Å². The van der Waals surface area contributed by atoms with Gasteiger partial charge >= 0.3 is 5.97 Å². The molecule has 1 unspecified atom stereocenters. The number of H-pyrrole nitrogens is 1. The van der Waals surface area contributed by atoms with E-state index in [4.69, 9.17) is 0 Å². The van der Waals surface area contributed by atoms with Crippen LogP contribution in [-0.4, -0.2) is 58.4 Å². The molecule has 3 aromatic rings. The molecule has 11 heteroatoms. The standard InChI is InChI=1S/C16H15FN6O2S2/c1-23-21-15(20-22-23)26-7-13-19-16(8-27-13,14(24)25)6-11-4-9-2-3-10(17)5-12(9)18-11/h2-5,18H,6-8H2,1H3,(H,24,25). The number of carbonyl (C=O) groups is 1. The summed E-state index contributed by atoms with van der Waals surface area (Å²) < 4.78 is 13.4. The van der Waals surface area contributed by atoms with E-state index in [1.165, 1.54) is 40.5 Å². The third-order valence-corrected chi connectivity index (χ3v) is 6.37. The third kappa shape index (κ3) is 3.69. The van der Waals surface area contributed by atoms with Crippen LogP contribution in [-0.2, 0) is 18.3 Å². The molecule has 2 N–H and O–H groups in total. The number of aliphatic imine (C=N–C) groups is 1. The van der Waals surface area contributed by atoms with Gasteiger partial charge in [0.15, 0.2) is 5.54 Å². The Bertz CT molecular complexity index is 1050. The van der Waals surface area contributed by atoms with Crippen molar-refractivity contribution in [3.05, 3.63) is 35.8 Å². The van der Waals surface area contributed by atoms with Crippen molar-refractivity contribution in [2.45, 2.75) is 17.1 Å². The molecule has 1 atom stereocenters. The summed E-state index contributed by atoms with van der Waals surface area (Å²) in [5.74, 6) is -0.480. The smallest absolute Gasteiger partial charge is 0.332 e. The van der Waals surface area contributed by atoms with Crippen molar-refractivity contribution >= 4 is 45.4 Å². The first-order valence-corrected chi connectivity index (χ1v) is 9.99. The molecule has 0 fully saturated rings. The molecule has 3 heterocycles. The second-order valence-corrected chi connectivity index (χ2v) is 8.18. The van der Waals surface area contributed by atoms with Gasteiger partial charge in [-0.05, 0) is 34.9 Å². The number of aliphatic carboxylic acids is 1. The molecule has 0 spiro atoms. The molecular weight excluding hydrogens is 391 g/mol. The Labute approximate surface area is 161 Å². The van der Waals surface area contributed by atoms with Crippen molar-refractivity contribution in [3.8, 4) is 0 Å². The summed E-state index contributed by atoms with van der Waals surface area (Å²) in [6.07, 6.45) is 0.211. The average molecular weight is 406 g/mol. The zero-order valence-corrected chi connectivity index (χ0v) is 15.8. The molecule has 0 amide bonds. The SMILES string of the molecule is Cn1nnc(SCC2=NC(Cc3cc4ccc(F)cc4[nH]3)(C(=O)O)CS2)n1. The molecule has 1 aliphatic rings. The number of halogens is 1. The molecule has 1 aromatic carbocycles. The van der Waals surface area contributed by atoms with Crippen LogP contribution in [0.3, 0.4) is 0 Å². The summed E-state index contributed by atoms with van der Waals surface area (Å²) >= 11 is 2.79. The number of hydrogen-bond acceptors (Lipinski definition) is 7. The fourth-order valence-electron chi connectivity index (χ4n) is 2.88. The lowest BCUT2D eigenvalue weighted by Gasteiger charge is -2.19. The highest BCUT2D eigenvalue weighted by Crippen LogP contribution is 2.34. The van der Waals surface area contributed by atoms with Crippen LogP contribution in [0, 0.1) is 5.82 Å². The van der Waals surface area contributed by atoms with E-state index in [9.17, 15) is 14.3 Å². The van der Waals surface area contributed by atoms with Crippen LogP contribution in [0.5, 0.6) is 0 Å². The molecule has 140 valence electrons. The van der Waals surface area contributed by atoms with E-state index in [0.29, 0.717) is 27.9 Å². The number of aromatic nitrogens is 5. The van der Waals surface area contributed by atoms with Gasteiger partial charge < -0.3 is 10.1 Å². The highest BCUT2D eigenvalue weighted by molar-refractivity contribution is 8.16. The number of aromatic amines is 1. The van der Waals surface area contributed by atoms with Crippen molar-refractivity contribution in [1.29, 1.82) is 0 Å². The number of rotatable bonds is 6. The molecule has 0 saturated carbocycles. The van der Waals surface area contributed by atoms with E-state index in [0.717, 1.165) is 10.4 Å². The molecule has 0 bridgehead atoms. The molecule has 27 heavy (non-hydrogen) atoms. The van der Waals surface area contributed by atoms with Crippen LogP contribution in [0.1, 0.15) is 5.69 Å². The average Bonchev–Trinajstić information content (AvgIpc) is 3.32. The number of hydrogen-bond donors (Lipinski definition) is 2. The number of nitrogens with one attached hydrogen (secondary N) is 1. The molecule has 0 saturated heterocycles. The second-order valence-electron chi connectivity index (χ2n) is 6.18. The molecule has 1 aliphatic heterocycles. The summed E-state index contributed by atoms with van der Waals surface area (Å²) in [5, 5.41) is 23.6. The van der Waals surface area contributed by atoms with Crippen molar-refractivity contribution in [2.24, 2.45) is 12.0 Å². The van der Waals surface area contributed by atoms with Gasteiger partial charge in [0.1, 0.15) is 5.82 Å². The maximum absolute atomic E-state index is 13.4. The summed E-state index contributed by atoms with van der Waals surface area (Å²) in [4.78, 5) is 21.0. The summed E-state index contributed by atoms with van der Waals surface area (Å²) in [5.41, 5.74) is 0.118. The monoisotopic (exact) mass is 406 g/mol. The summed E-state index contributed by atoms with van der Waals surface area (Å²) in [6.45, 7) is 0. The maximum atomic E-state index is 13.4.